The number of H-pyrrole nitrogens is 1. The van der Waals surface area contributed by atoms with E-state index in [-0.39, 0.29) is 0 Å². The van der Waals surface area contributed by atoms with Crippen molar-refractivity contribution >= 4 is 12.0 Å². The molecule has 1 aromatic carbocycles. The Balaban J connectivity index is 1.91. The van der Waals surface area contributed by atoms with Gasteiger partial charge in [0.25, 0.3) is 0 Å². The Hall–Kier alpha value is -2.82. The Morgan fingerprint density at radius 2 is 1.79 bits per heavy atom. The number of benzene rings is 1. The van der Waals surface area contributed by atoms with E-state index < -0.39 is 0 Å². The molecule has 0 unspecified atom stereocenters. The summed E-state index contributed by atoms with van der Waals surface area (Å²) in [6.07, 6.45) is 3.36. The van der Waals surface area contributed by atoms with Gasteiger partial charge in [0.15, 0.2) is 5.82 Å². The van der Waals surface area contributed by atoms with Crippen LogP contribution in [0.5, 0.6) is 0 Å². The van der Waals surface area contributed by atoms with Gasteiger partial charge in [-0.2, -0.15) is 15.4 Å². The van der Waals surface area contributed by atoms with Gasteiger partial charge in [-0.3, -0.25) is 0 Å². The van der Waals surface area contributed by atoms with Crippen molar-refractivity contribution in [2.24, 2.45) is 4.99 Å². The van der Waals surface area contributed by atoms with E-state index in [2.05, 4.69) is 25.4 Å². The highest BCUT2D eigenvalue weighted by Crippen LogP contribution is 2.18. The van der Waals surface area contributed by atoms with Crippen LogP contribution in [0.1, 0.15) is 5.69 Å². The Morgan fingerprint density at radius 1 is 0.947 bits per heavy atom. The molecule has 1 N–H and O–H groups in total. The lowest BCUT2D eigenvalue weighted by Crippen LogP contribution is -1.87. The molecule has 5 heteroatoms. The standard InChI is InChI=1S/C14H11N5/c1-2-6-11(7-3-1)14-12(17-19-18-14)10-16-13-8-4-5-9-15-13/h1-10H,(H,17,18,19)/b16-10+. The Kier molecular flexibility index (Phi) is 3.10. The van der Waals surface area contributed by atoms with Gasteiger partial charge in [-0.15, -0.1) is 0 Å². The SMILES string of the molecule is C(=N\c1ccccn1)/c1n[nH]nc1-c1ccccc1. The van der Waals surface area contributed by atoms with Gasteiger partial charge in [-0.1, -0.05) is 36.4 Å². The topological polar surface area (TPSA) is 66.8 Å². The highest BCUT2D eigenvalue weighted by Gasteiger charge is 2.07. The molecular weight excluding hydrogens is 238 g/mol. The van der Waals surface area contributed by atoms with Crippen LogP contribution in [0.3, 0.4) is 0 Å². The minimum atomic E-state index is 0.643. The van der Waals surface area contributed by atoms with Crippen LogP contribution in [-0.2, 0) is 0 Å². The van der Waals surface area contributed by atoms with Crippen molar-refractivity contribution in [1.82, 2.24) is 20.4 Å². The molecule has 2 aromatic heterocycles. The van der Waals surface area contributed by atoms with Crippen LogP contribution in [0.2, 0.25) is 0 Å². The van der Waals surface area contributed by atoms with Crippen molar-refractivity contribution in [3.05, 3.63) is 60.4 Å². The average molecular weight is 249 g/mol. The van der Waals surface area contributed by atoms with E-state index in [0.717, 1.165) is 11.3 Å². The normalized spacial score (nSPS) is 10.9. The van der Waals surface area contributed by atoms with Gasteiger partial charge < -0.3 is 0 Å². The van der Waals surface area contributed by atoms with Crippen LogP contribution >= 0.6 is 0 Å². The van der Waals surface area contributed by atoms with Crippen molar-refractivity contribution in [2.45, 2.75) is 0 Å². The van der Waals surface area contributed by atoms with E-state index in [1.165, 1.54) is 0 Å². The zero-order valence-electron chi connectivity index (χ0n) is 10.1. The van der Waals surface area contributed by atoms with Crippen LogP contribution in [0.25, 0.3) is 11.3 Å². The van der Waals surface area contributed by atoms with Gasteiger partial charge in [0, 0.05) is 11.8 Å². The molecule has 5 nitrogen and oxygen atoms in total. The Bertz CT molecular complexity index is 673. The van der Waals surface area contributed by atoms with Gasteiger partial charge in [0.2, 0.25) is 0 Å². The Labute approximate surface area is 110 Å². The molecule has 0 aliphatic heterocycles. The zero-order valence-corrected chi connectivity index (χ0v) is 10.1. The summed E-state index contributed by atoms with van der Waals surface area (Å²) >= 11 is 0. The fourth-order valence-corrected chi connectivity index (χ4v) is 1.69. The van der Waals surface area contributed by atoms with Crippen molar-refractivity contribution < 1.29 is 0 Å². The van der Waals surface area contributed by atoms with Crippen molar-refractivity contribution in [1.29, 1.82) is 0 Å². The largest absolute Gasteiger partial charge is 0.237 e. The maximum absolute atomic E-state index is 4.28. The average Bonchev–Trinajstić information content (AvgIpc) is 2.95. The second-order valence-corrected chi connectivity index (χ2v) is 3.87. The van der Waals surface area contributed by atoms with Gasteiger partial charge in [-0.05, 0) is 12.1 Å². The lowest BCUT2D eigenvalue weighted by Gasteiger charge is -1.96. The molecule has 0 spiro atoms. The van der Waals surface area contributed by atoms with Gasteiger partial charge >= 0.3 is 0 Å². The molecule has 0 aliphatic rings. The lowest BCUT2D eigenvalue weighted by atomic mass is 10.1. The molecular formula is C14H11N5. The van der Waals surface area contributed by atoms with Gasteiger partial charge in [0.05, 0.1) is 6.21 Å². The van der Waals surface area contributed by atoms with Crippen LogP contribution in [-0.4, -0.2) is 26.6 Å². The number of nitrogens with one attached hydrogen (secondary N) is 1. The lowest BCUT2D eigenvalue weighted by molar-refractivity contribution is 0.940. The van der Waals surface area contributed by atoms with Crippen LogP contribution in [0.15, 0.2) is 59.7 Å². The minimum Gasteiger partial charge on any atom is -0.237 e. The summed E-state index contributed by atoms with van der Waals surface area (Å²) in [6.45, 7) is 0. The first kappa shape index (κ1) is 11.3. The summed E-state index contributed by atoms with van der Waals surface area (Å²) in [5.74, 6) is 0.643. The fraction of sp³-hybridized carbons (Fsp3) is 0. The second kappa shape index (κ2) is 5.22. The number of hydrogen-bond acceptors (Lipinski definition) is 4. The quantitative estimate of drug-likeness (QED) is 0.725. The summed E-state index contributed by atoms with van der Waals surface area (Å²) in [4.78, 5) is 8.40. The van der Waals surface area contributed by atoms with Crippen LogP contribution in [0, 0.1) is 0 Å². The van der Waals surface area contributed by atoms with E-state index in [0.29, 0.717) is 11.5 Å². The van der Waals surface area contributed by atoms with E-state index in [9.17, 15) is 0 Å². The molecule has 0 aliphatic carbocycles. The van der Waals surface area contributed by atoms with Crippen LogP contribution in [0.4, 0.5) is 5.82 Å². The molecule has 19 heavy (non-hydrogen) atoms. The highest BCUT2D eigenvalue weighted by atomic mass is 15.3. The summed E-state index contributed by atoms with van der Waals surface area (Å²) in [6, 6.07) is 15.4. The van der Waals surface area contributed by atoms with Crippen LogP contribution < -0.4 is 0 Å². The van der Waals surface area contributed by atoms with E-state index in [4.69, 9.17) is 0 Å². The monoisotopic (exact) mass is 249 g/mol. The third-order valence-electron chi connectivity index (χ3n) is 2.59. The number of aliphatic imine (C=N–C) groups is 1. The molecule has 0 bridgehead atoms. The van der Waals surface area contributed by atoms with E-state index in [1.807, 2.05) is 48.5 Å². The molecule has 2 heterocycles. The molecule has 3 rings (SSSR count). The fourth-order valence-electron chi connectivity index (χ4n) is 1.69. The molecule has 0 saturated heterocycles. The molecule has 0 saturated carbocycles. The van der Waals surface area contributed by atoms with E-state index >= 15 is 0 Å². The van der Waals surface area contributed by atoms with Gasteiger partial charge in [0.1, 0.15) is 11.4 Å². The summed E-state index contributed by atoms with van der Waals surface area (Å²) in [5.41, 5.74) is 2.47. The molecule has 0 fully saturated rings. The maximum Gasteiger partial charge on any atom is 0.151 e. The van der Waals surface area contributed by atoms with Crippen molar-refractivity contribution in [2.75, 3.05) is 0 Å². The first-order chi connectivity index (χ1) is 9.43. The third kappa shape index (κ3) is 2.55. The maximum atomic E-state index is 4.28. The number of nitrogens with zero attached hydrogens (tertiary/aromatic N) is 4. The molecule has 0 amide bonds. The number of hydrogen-bond donors (Lipinski definition) is 1. The molecule has 92 valence electrons. The van der Waals surface area contributed by atoms with Gasteiger partial charge in [-0.25, -0.2) is 9.98 Å². The minimum absolute atomic E-state index is 0.643. The molecule has 0 atom stereocenters. The second-order valence-electron chi connectivity index (χ2n) is 3.87. The molecule has 3 aromatic rings. The predicted octanol–water partition coefficient (Wildman–Crippen LogP) is 2.62. The molecule has 0 radical (unpaired) electrons. The highest BCUT2D eigenvalue weighted by molar-refractivity contribution is 5.87. The van der Waals surface area contributed by atoms with Crippen molar-refractivity contribution in [3.8, 4) is 11.3 Å². The summed E-state index contributed by atoms with van der Waals surface area (Å²) in [7, 11) is 0. The first-order valence-corrected chi connectivity index (χ1v) is 5.85. The number of aromatic nitrogens is 4. The number of aromatic amines is 1. The van der Waals surface area contributed by atoms with Crippen molar-refractivity contribution in [3.63, 3.8) is 0 Å². The number of pyridine rings is 1. The number of rotatable bonds is 3. The Morgan fingerprint density at radius 3 is 2.58 bits per heavy atom. The van der Waals surface area contributed by atoms with E-state index in [1.54, 1.807) is 12.4 Å². The third-order valence-corrected chi connectivity index (χ3v) is 2.59. The summed E-state index contributed by atoms with van der Waals surface area (Å²) < 4.78 is 0. The summed E-state index contributed by atoms with van der Waals surface area (Å²) in [5, 5.41) is 10.9. The smallest absolute Gasteiger partial charge is 0.151 e. The first-order valence-electron chi connectivity index (χ1n) is 5.85. The predicted molar refractivity (Wildman–Crippen MR) is 73.3 cm³/mol. The zero-order chi connectivity index (χ0) is 12.9.